The molecular weight excluding hydrogens is 620 g/mol. The second-order valence-electron chi connectivity index (χ2n) is 9.58. The summed E-state index contributed by atoms with van der Waals surface area (Å²) in [6, 6.07) is 5.06. The number of hydrogen-bond acceptors (Lipinski definition) is 3. The Morgan fingerprint density at radius 2 is 1.35 bits per heavy atom. The Labute approximate surface area is 231 Å². The molecule has 0 unspecified atom stereocenters. The highest BCUT2D eigenvalue weighted by Crippen LogP contribution is 2.30. The average Bonchev–Trinajstić information content (AvgIpc) is 2.78. The monoisotopic (exact) mass is 646 g/mol. The number of carbonyl (C=O) groups is 1. The number of nitrogens with zero attached hydrogens (tertiary/aromatic N) is 1. The van der Waals surface area contributed by atoms with Crippen LogP contribution in [0.3, 0.4) is 0 Å². The van der Waals surface area contributed by atoms with Crippen molar-refractivity contribution in [2.45, 2.75) is 39.2 Å². The van der Waals surface area contributed by atoms with Gasteiger partial charge >= 0.3 is 6.09 Å². The summed E-state index contributed by atoms with van der Waals surface area (Å²) in [7, 11) is 0. The third kappa shape index (κ3) is 8.15. The van der Waals surface area contributed by atoms with Crippen LogP contribution in [0.1, 0.15) is 44.7 Å². The normalized spacial score (nSPS) is 15.9. The Hall–Kier alpha value is -2.17. The van der Waals surface area contributed by atoms with Crippen molar-refractivity contribution in [3.63, 3.8) is 0 Å². The predicted octanol–water partition coefficient (Wildman–Crippen LogP) is 7.86. The van der Waals surface area contributed by atoms with E-state index in [2.05, 4.69) is 37.2 Å². The molecule has 200 valence electrons. The smallest absolute Gasteiger partial charge is 0.410 e. The van der Waals surface area contributed by atoms with E-state index in [1.165, 1.54) is 29.2 Å². The molecule has 37 heavy (non-hydrogen) atoms. The van der Waals surface area contributed by atoms with Gasteiger partial charge < -0.3 is 15.0 Å². The van der Waals surface area contributed by atoms with Crippen molar-refractivity contribution in [3.05, 3.63) is 79.8 Å². The van der Waals surface area contributed by atoms with Crippen LogP contribution in [0.25, 0.3) is 11.1 Å². The Balaban J connectivity index is 0.000000220. The van der Waals surface area contributed by atoms with Crippen LogP contribution in [-0.4, -0.2) is 42.8 Å². The first-order valence-corrected chi connectivity index (χ1v) is 13.3. The summed E-state index contributed by atoms with van der Waals surface area (Å²) in [5.74, 6) is -2.22. The number of ether oxygens (including phenoxy) is 1. The Morgan fingerprint density at radius 3 is 1.73 bits per heavy atom. The lowest BCUT2D eigenvalue weighted by Crippen LogP contribution is -2.39. The van der Waals surface area contributed by atoms with Crippen LogP contribution >= 0.6 is 31.9 Å². The van der Waals surface area contributed by atoms with Crippen LogP contribution in [-0.2, 0) is 4.74 Å². The molecule has 2 aliphatic rings. The Morgan fingerprint density at radius 1 is 0.865 bits per heavy atom. The molecule has 4 nitrogen and oxygen atoms in total. The zero-order valence-electron chi connectivity index (χ0n) is 20.7. The van der Waals surface area contributed by atoms with E-state index >= 15 is 0 Å². The second kappa shape index (κ2) is 12.6. The highest BCUT2D eigenvalue weighted by molar-refractivity contribution is 9.10. The SMILES string of the molecule is CC(C)(C)OC(=O)N1CC=C(c2c(F)cc(Br)cc2F)CC1.Fc1cc(Br)cc(F)c1C1=CCNCC1. The minimum atomic E-state index is -0.608. The van der Waals surface area contributed by atoms with E-state index in [0.29, 0.717) is 40.4 Å². The van der Waals surface area contributed by atoms with Gasteiger partial charge in [-0.05, 0) is 75.6 Å². The van der Waals surface area contributed by atoms with Gasteiger partial charge in [-0.1, -0.05) is 44.0 Å². The van der Waals surface area contributed by atoms with E-state index in [1.807, 2.05) is 6.08 Å². The van der Waals surface area contributed by atoms with E-state index in [0.717, 1.165) is 12.1 Å². The summed E-state index contributed by atoms with van der Waals surface area (Å²) in [6.45, 7) is 7.47. The van der Waals surface area contributed by atoms with Crippen LogP contribution in [0.4, 0.5) is 22.4 Å². The topological polar surface area (TPSA) is 41.6 Å². The minimum Gasteiger partial charge on any atom is -0.444 e. The van der Waals surface area contributed by atoms with Crippen molar-refractivity contribution in [1.82, 2.24) is 10.2 Å². The van der Waals surface area contributed by atoms with E-state index in [-0.39, 0.29) is 17.7 Å². The molecule has 0 bridgehead atoms. The first-order chi connectivity index (χ1) is 17.4. The molecule has 10 heteroatoms. The number of benzene rings is 2. The molecule has 0 atom stereocenters. The molecule has 2 aromatic rings. The van der Waals surface area contributed by atoms with Crippen molar-refractivity contribution in [3.8, 4) is 0 Å². The molecule has 4 rings (SSSR count). The highest BCUT2D eigenvalue weighted by atomic mass is 79.9. The summed E-state index contributed by atoms with van der Waals surface area (Å²) in [5.41, 5.74) is 0.843. The lowest BCUT2D eigenvalue weighted by atomic mass is 9.98. The van der Waals surface area contributed by atoms with Gasteiger partial charge in [0, 0.05) is 39.7 Å². The first kappa shape index (κ1) is 29.4. The van der Waals surface area contributed by atoms with Gasteiger partial charge in [0.05, 0.1) is 0 Å². The van der Waals surface area contributed by atoms with Gasteiger partial charge in [0.1, 0.15) is 28.9 Å². The fourth-order valence-electron chi connectivity index (χ4n) is 3.94. The zero-order valence-corrected chi connectivity index (χ0v) is 23.9. The number of carbonyl (C=O) groups excluding carboxylic acids is 1. The molecular formula is C27H28Br2F4N2O2. The zero-order chi connectivity index (χ0) is 27.3. The molecule has 0 aliphatic carbocycles. The van der Waals surface area contributed by atoms with Gasteiger partial charge in [0.15, 0.2) is 0 Å². The fraction of sp³-hybridized carbons (Fsp3) is 0.370. The molecule has 0 saturated carbocycles. The highest BCUT2D eigenvalue weighted by Gasteiger charge is 2.25. The number of amides is 1. The Bertz CT molecular complexity index is 1180. The molecule has 0 saturated heterocycles. The van der Waals surface area contributed by atoms with E-state index in [9.17, 15) is 22.4 Å². The van der Waals surface area contributed by atoms with Crippen LogP contribution in [0.2, 0.25) is 0 Å². The largest absolute Gasteiger partial charge is 0.444 e. The first-order valence-electron chi connectivity index (χ1n) is 11.7. The van der Waals surface area contributed by atoms with Crippen molar-refractivity contribution < 1.29 is 27.1 Å². The molecule has 2 heterocycles. The maximum Gasteiger partial charge on any atom is 0.410 e. The summed E-state index contributed by atoms with van der Waals surface area (Å²) < 4.78 is 61.1. The maximum absolute atomic E-state index is 14.0. The molecule has 2 aromatic carbocycles. The number of rotatable bonds is 2. The molecule has 1 amide bonds. The molecule has 2 aliphatic heterocycles. The van der Waals surface area contributed by atoms with E-state index in [4.69, 9.17) is 4.74 Å². The van der Waals surface area contributed by atoms with Gasteiger partial charge in [-0.15, -0.1) is 0 Å². The second-order valence-corrected chi connectivity index (χ2v) is 11.4. The van der Waals surface area contributed by atoms with Gasteiger partial charge in [-0.25, -0.2) is 22.4 Å². The van der Waals surface area contributed by atoms with Crippen molar-refractivity contribution in [1.29, 1.82) is 0 Å². The lowest BCUT2D eigenvalue weighted by Gasteiger charge is -2.29. The fourth-order valence-corrected chi connectivity index (χ4v) is 4.74. The van der Waals surface area contributed by atoms with E-state index in [1.54, 1.807) is 26.8 Å². The Kier molecular flexibility index (Phi) is 9.99. The van der Waals surface area contributed by atoms with E-state index < -0.39 is 35.0 Å². The van der Waals surface area contributed by atoms with Crippen LogP contribution in [0, 0.1) is 23.3 Å². The number of hydrogen-bond donors (Lipinski definition) is 1. The van der Waals surface area contributed by atoms with Gasteiger partial charge in [-0.2, -0.15) is 0 Å². The molecule has 0 aromatic heterocycles. The predicted molar refractivity (Wildman–Crippen MR) is 144 cm³/mol. The summed E-state index contributed by atoms with van der Waals surface area (Å²) in [5, 5.41) is 3.10. The summed E-state index contributed by atoms with van der Waals surface area (Å²) >= 11 is 6.12. The lowest BCUT2D eigenvalue weighted by molar-refractivity contribution is 0.0270. The number of halogens is 6. The van der Waals surface area contributed by atoms with Crippen molar-refractivity contribution >= 4 is 49.1 Å². The summed E-state index contributed by atoms with van der Waals surface area (Å²) in [6.07, 6.45) is 4.13. The standard InChI is InChI=1S/C16H18BrF2NO2.C11H10BrF2N/c1-16(2,3)22-15(21)20-6-4-10(5-7-20)14-12(18)8-11(17)9-13(14)19;12-8-5-9(13)11(10(14)6-8)7-1-3-15-4-2-7/h4,8-9H,5-7H2,1-3H3;1,5-6,15H,2-4H2. The molecule has 0 radical (unpaired) electrons. The average molecular weight is 648 g/mol. The van der Waals surface area contributed by atoms with Gasteiger partial charge in [0.2, 0.25) is 0 Å². The summed E-state index contributed by atoms with van der Waals surface area (Å²) in [4.78, 5) is 13.5. The minimum absolute atomic E-state index is 0.0213. The third-order valence-corrected chi connectivity index (χ3v) is 6.50. The van der Waals surface area contributed by atoms with Crippen LogP contribution in [0.5, 0.6) is 0 Å². The van der Waals surface area contributed by atoms with Crippen molar-refractivity contribution in [2.24, 2.45) is 0 Å². The molecule has 0 spiro atoms. The maximum atomic E-state index is 14.0. The van der Waals surface area contributed by atoms with Gasteiger partial charge in [0.25, 0.3) is 0 Å². The van der Waals surface area contributed by atoms with Crippen LogP contribution < -0.4 is 5.32 Å². The van der Waals surface area contributed by atoms with Gasteiger partial charge in [-0.3, -0.25) is 0 Å². The molecule has 0 fully saturated rings. The van der Waals surface area contributed by atoms with Crippen molar-refractivity contribution in [2.75, 3.05) is 26.2 Å². The number of nitrogens with one attached hydrogen (secondary N) is 1. The third-order valence-electron chi connectivity index (χ3n) is 5.58. The quantitative estimate of drug-likeness (QED) is 0.338. The molecule has 1 N–H and O–H groups in total. The van der Waals surface area contributed by atoms with Crippen LogP contribution in [0.15, 0.2) is 45.4 Å².